The number of piperidine rings is 1. The van der Waals surface area contributed by atoms with Crippen molar-refractivity contribution in [1.82, 2.24) is 25.1 Å². The van der Waals surface area contributed by atoms with E-state index in [0.717, 1.165) is 57.4 Å². The molecule has 164 valence electrons. The molecule has 1 aliphatic heterocycles. The summed E-state index contributed by atoms with van der Waals surface area (Å²) in [7, 11) is 1.71. The van der Waals surface area contributed by atoms with Gasteiger partial charge in [-0.05, 0) is 57.0 Å². The van der Waals surface area contributed by atoms with Crippen LogP contribution >= 0.6 is 0 Å². The summed E-state index contributed by atoms with van der Waals surface area (Å²) in [5, 5.41) is 6.86. The molecule has 1 atom stereocenters. The van der Waals surface area contributed by atoms with E-state index in [1.807, 2.05) is 18.7 Å². The lowest BCUT2D eigenvalue weighted by Crippen LogP contribution is -2.40. The Hall–Kier alpha value is -2.54. The summed E-state index contributed by atoms with van der Waals surface area (Å²) in [6, 6.07) is 8.75. The molecule has 1 fully saturated rings. The van der Waals surface area contributed by atoms with Crippen LogP contribution in [0.3, 0.4) is 0 Å². The van der Waals surface area contributed by atoms with Gasteiger partial charge in [-0.25, -0.2) is 4.98 Å². The molecule has 1 aliphatic rings. The standard InChI is InChI=1S/C23H36N6O/c1-3-25-23(26-12-7-14-28-17-13-24-19-28)27-18-22(29-15-5-4-6-16-29)20-8-10-21(30-2)11-9-20/h8-11,13,17,19,22H,3-7,12,14-16,18H2,1-2H3,(H2,25,26,27). The molecule has 7 heteroatoms. The van der Waals surface area contributed by atoms with E-state index in [-0.39, 0.29) is 6.04 Å². The fourth-order valence-electron chi connectivity index (χ4n) is 3.89. The van der Waals surface area contributed by atoms with Gasteiger partial charge in [0.1, 0.15) is 5.75 Å². The van der Waals surface area contributed by atoms with Crippen molar-refractivity contribution >= 4 is 5.96 Å². The van der Waals surface area contributed by atoms with Crippen molar-refractivity contribution in [3.8, 4) is 5.75 Å². The van der Waals surface area contributed by atoms with Crippen LogP contribution in [-0.4, -0.2) is 60.2 Å². The van der Waals surface area contributed by atoms with Crippen molar-refractivity contribution in [2.75, 3.05) is 39.8 Å². The Morgan fingerprint density at radius 2 is 1.97 bits per heavy atom. The van der Waals surface area contributed by atoms with E-state index in [1.165, 1.54) is 24.8 Å². The number of imidazole rings is 1. The summed E-state index contributed by atoms with van der Waals surface area (Å²) in [5.74, 6) is 1.78. The minimum absolute atomic E-state index is 0.289. The number of likely N-dealkylation sites (tertiary alicyclic amines) is 1. The van der Waals surface area contributed by atoms with Gasteiger partial charge in [-0.3, -0.25) is 9.89 Å². The number of benzene rings is 1. The van der Waals surface area contributed by atoms with Crippen LogP contribution in [0, 0.1) is 0 Å². The number of nitrogens with zero attached hydrogens (tertiary/aromatic N) is 4. The monoisotopic (exact) mass is 412 g/mol. The molecule has 0 amide bonds. The summed E-state index contributed by atoms with van der Waals surface area (Å²) in [4.78, 5) is 11.6. The quantitative estimate of drug-likeness (QED) is 0.357. The number of nitrogens with one attached hydrogen (secondary N) is 2. The molecule has 1 unspecified atom stereocenters. The number of hydrogen-bond acceptors (Lipinski definition) is 4. The molecule has 0 bridgehead atoms. The van der Waals surface area contributed by atoms with Crippen molar-refractivity contribution in [2.24, 2.45) is 4.99 Å². The lowest BCUT2D eigenvalue weighted by Gasteiger charge is -2.34. The molecule has 3 rings (SSSR count). The van der Waals surface area contributed by atoms with E-state index in [1.54, 1.807) is 7.11 Å². The summed E-state index contributed by atoms with van der Waals surface area (Å²) in [6.07, 6.45) is 10.6. The number of methoxy groups -OCH3 is 1. The number of rotatable bonds is 10. The molecule has 30 heavy (non-hydrogen) atoms. The fraction of sp³-hybridized carbons (Fsp3) is 0.565. The number of hydrogen-bond donors (Lipinski definition) is 2. The van der Waals surface area contributed by atoms with Gasteiger partial charge in [-0.2, -0.15) is 0 Å². The molecule has 0 radical (unpaired) electrons. The van der Waals surface area contributed by atoms with E-state index in [0.29, 0.717) is 0 Å². The van der Waals surface area contributed by atoms with E-state index < -0.39 is 0 Å². The molecule has 1 aromatic carbocycles. The Labute approximate surface area is 180 Å². The summed E-state index contributed by atoms with van der Waals surface area (Å²) in [6.45, 7) is 7.81. The molecule has 1 saturated heterocycles. The maximum Gasteiger partial charge on any atom is 0.191 e. The van der Waals surface area contributed by atoms with Gasteiger partial charge in [0.15, 0.2) is 5.96 Å². The minimum Gasteiger partial charge on any atom is -0.497 e. The largest absolute Gasteiger partial charge is 0.497 e. The van der Waals surface area contributed by atoms with E-state index >= 15 is 0 Å². The van der Waals surface area contributed by atoms with Crippen molar-refractivity contribution in [3.05, 3.63) is 48.5 Å². The van der Waals surface area contributed by atoms with E-state index in [2.05, 4.69) is 56.3 Å². The van der Waals surface area contributed by atoms with Crippen LogP contribution in [0.2, 0.25) is 0 Å². The second-order valence-corrected chi connectivity index (χ2v) is 7.69. The van der Waals surface area contributed by atoms with Gasteiger partial charge in [0, 0.05) is 32.0 Å². The predicted octanol–water partition coefficient (Wildman–Crippen LogP) is 3.06. The van der Waals surface area contributed by atoms with E-state index in [4.69, 9.17) is 9.73 Å². The molecule has 0 spiro atoms. The highest BCUT2D eigenvalue weighted by Crippen LogP contribution is 2.26. The third-order valence-corrected chi connectivity index (χ3v) is 5.54. The van der Waals surface area contributed by atoms with Gasteiger partial charge >= 0.3 is 0 Å². The lowest BCUT2D eigenvalue weighted by atomic mass is 10.0. The molecule has 0 saturated carbocycles. The number of ether oxygens (including phenoxy) is 1. The highest BCUT2D eigenvalue weighted by Gasteiger charge is 2.22. The molecule has 0 aliphatic carbocycles. The van der Waals surface area contributed by atoms with Crippen LogP contribution in [0.15, 0.2) is 48.0 Å². The number of guanidine groups is 1. The Balaban J connectivity index is 1.62. The highest BCUT2D eigenvalue weighted by atomic mass is 16.5. The fourth-order valence-corrected chi connectivity index (χ4v) is 3.89. The third-order valence-electron chi connectivity index (χ3n) is 5.54. The smallest absolute Gasteiger partial charge is 0.191 e. The predicted molar refractivity (Wildman–Crippen MR) is 122 cm³/mol. The summed E-state index contributed by atoms with van der Waals surface area (Å²) in [5.41, 5.74) is 1.30. The van der Waals surface area contributed by atoms with Crippen LogP contribution in [0.25, 0.3) is 0 Å². The number of aryl methyl sites for hydroxylation is 1. The highest BCUT2D eigenvalue weighted by molar-refractivity contribution is 5.79. The second kappa shape index (κ2) is 12.2. The zero-order valence-corrected chi connectivity index (χ0v) is 18.4. The average molecular weight is 413 g/mol. The zero-order valence-electron chi connectivity index (χ0n) is 18.4. The van der Waals surface area contributed by atoms with Gasteiger partial charge < -0.3 is 19.9 Å². The lowest BCUT2D eigenvalue weighted by molar-refractivity contribution is 0.167. The Kier molecular flexibility index (Phi) is 9.03. The van der Waals surface area contributed by atoms with Crippen LogP contribution in [0.4, 0.5) is 0 Å². The van der Waals surface area contributed by atoms with Crippen LogP contribution in [-0.2, 0) is 6.54 Å². The van der Waals surface area contributed by atoms with Crippen molar-refractivity contribution in [2.45, 2.75) is 45.2 Å². The SMILES string of the molecule is CCNC(=NCC(c1ccc(OC)cc1)N1CCCCC1)NCCCn1ccnc1. The normalized spacial score (nSPS) is 16.3. The minimum atomic E-state index is 0.289. The first kappa shape index (κ1) is 22.2. The maximum absolute atomic E-state index is 5.34. The molecule has 2 N–H and O–H groups in total. The Bertz CT molecular complexity index is 738. The average Bonchev–Trinajstić information content (AvgIpc) is 3.31. The van der Waals surface area contributed by atoms with Crippen molar-refractivity contribution < 1.29 is 4.74 Å². The first-order chi connectivity index (χ1) is 14.8. The zero-order chi connectivity index (χ0) is 21.0. The first-order valence-corrected chi connectivity index (χ1v) is 11.2. The number of aromatic nitrogens is 2. The van der Waals surface area contributed by atoms with Gasteiger partial charge in [0.05, 0.1) is 26.0 Å². The third kappa shape index (κ3) is 6.76. The molecular formula is C23H36N6O. The Morgan fingerprint density at radius 3 is 2.63 bits per heavy atom. The summed E-state index contributed by atoms with van der Waals surface area (Å²) < 4.78 is 7.44. The van der Waals surface area contributed by atoms with E-state index in [9.17, 15) is 0 Å². The maximum atomic E-state index is 5.34. The van der Waals surface area contributed by atoms with Crippen molar-refractivity contribution in [1.29, 1.82) is 0 Å². The first-order valence-electron chi connectivity index (χ1n) is 11.2. The number of aliphatic imine (C=N–C) groups is 1. The molecular weight excluding hydrogens is 376 g/mol. The van der Waals surface area contributed by atoms with Crippen LogP contribution in [0.5, 0.6) is 5.75 Å². The summed E-state index contributed by atoms with van der Waals surface area (Å²) >= 11 is 0. The second-order valence-electron chi connectivity index (χ2n) is 7.69. The topological polar surface area (TPSA) is 66.7 Å². The van der Waals surface area contributed by atoms with Gasteiger partial charge in [-0.15, -0.1) is 0 Å². The van der Waals surface area contributed by atoms with Gasteiger partial charge in [-0.1, -0.05) is 18.6 Å². The van der Waals surface area contributed by atoms with Crippen LogP contribution in [0.1, 0.15) is 44.2 Å². The molecule has 7 nitrogen and oxygen atoms in total. The van der Waals surface area contributed by atoms with Crippen molar-refractivity contribution in [3.63, 3.8) is 0 Å². The Morgan fingerprint density at radius 1 is 1.17 bits per heavy atom. The van der Waals surface area contributed by atoms with Gasteiger partial charge in [0.2, 0.25) is 0 Å². The molecule has 2 aromatic rings. The van der Waals surface area contributed by atoms with Crippen LogP contribution < -0.4 is 15.4 Å². The molecule has 2 heterocycles. The van der Waals surface area contributed by atoms with Gasteiger partial charge in [0.25, 0.3) is 0 Å². The molecule has 1 aromatic heterocycles.